The predicted octanol–water partition coefficient (Wildman–Crippen LogP) is 5.26. The first-order valence-corrected chi connectivity index (χ1v) is 8.46. The van der Waals surface area contributed by atoms with Gasteiger partial charge in [0.05, 0.1) is 0 Å². The number of aryl methyl sites for hydroxylation is 1. The van der Waals surface area contributed by atoms with Gasteiger partial charge in [-0.05, 0) is 18.4 Å². The summed E-state index contributed by atoms with van der Waals surface area (Å²) >= 11 is 0. The van der Waals surface area contributed by atoms with Gasteiger partial charge >= 0.3 is 0 Å². The van der Waals surface area contributed by atoms with Crippen LogP contribution in [0.1, 0.15) is 57.4 Å². The Bertz CT molecular complexity index is 487. The van der Waals surface area contributed by atoms with Crippen LogP contribution < -0.4 is 4.57 Å². The Morgan fingerprint density at radius 2 is 1.33 bits per heavy atom. The minimum Gasteiger partial charge on any atom is -0.167 e. The Kier molecular flexibility index (Phi) is 7.00. The van der Waals surface area contributed by atoms with Gasteiger partial charge in [0, 0.05) is 24.3 Å². The highest BCUT2D eigenvalue weighted by molar-refractivity contribution is 5.21. The first kappa shape index (κ1) is 15.8. The summed E-state index contributed by atoms with van der Waals surface area (Å²) in [5, 5.41) is 0. The van der Waals surface area contributed by atoms with Gasteiger partial charge in [-0.2, -0.15) is 4.57 Å². The van der Waals surface area contributed by atoms with Crippen LogP contribution in [0.2, 0.25) is 0 Å². The Hall–Kier alpha value is -1.63. The average Bonchev–Trinajstić information content (AvgIpc) is 2.55. The van der Waals surface area contributed by atoms with Crippen molar-refractivity contribution in [1.82, 2.24) is 0 Å². The van der Waals surface area contributed by atoms with Crippen molar-refractivity contribution in [1.29, 1.82) is 0 Å². The topological polar surface area (TPSA) is 3.88 Å². The number of para-hydroxylation sites is 1. The molecule has 0 aliphatic carbocycles. The molecule has 1 heteroatoms. The quantitative estimate of drug-likeness (QED) is 0.436. The highest BCUT2D eigenvalue weighted by Crippen LogP contribution is 2.10. The molecule has 0 spiro atoms. The van der Waals surface area contributed by atoms with Crippen LogP contribution in [0.5, 0.6) is 0 Å². The first-order chi connectivity index (χ1) is 10.4. The lowest BCUT2D eigenvalue weighted by Gasteiger charge is -2.02. The van der Waals surface area contributed by atoms with Gasteiger partial charge in [-0.25, -0.2) is 0 Å². The van der Waals surface area contributed by atoms with Crippen LogP contribution in [-0.2, 0) is 6.42 Å². The van der Waals surface area contributed by atoms with E-state index in [1.54, 1.807) is 0 Å². The summed E-state index contributed by atoms with van der Waals surface area (Å²) in [6, 6.07) is 15.0. The Morgan fingerprint density at radius 1 is 0.714 bits per heavy atom. The predicted molar refractivity (Wildman–Crippen MR) is 89.7 cm³/mol. The fraction of sp³-hybridized carbons (Fsp3) is 0.450. The third-order valence-corrected chi connectivity index (χ3v) is 4.02. The van der Waals surface area contributed by atoms with Crippen LogP contribution in [0, 0.1) is 0 Å². The summed E-state index contributed by atoms with van der Waals surface area (Å²) in [6.07, 6.45) is 15.2. The second-order valence-electron chi connectivity index (χ2n) is 5.82. The van der Waals surface area contributed by atoms with Crippen LogP contribution in [0.25, 0.3) is 5.69 Å². The van der Waals surface area contributed by atoms with Crippen molar-refractivity contribution < 1.29 is 4.57 Å². The third kappa shape index (κ3) is 5.71. The maximum absolute atomic E-state index is 2.27. The summed E-state index contributed by atoms with van der Waals surface area (Å²) in [4.78, 5) is 0. The molecule has 0 fully saturated rings. The average molecular weight is 282 g/mol. The summed E-state index contributed by atoms with van der Waals surface area (Å²) in [5.74, 6) is 0. The van der Waals surface area contributed by atoms with Crippen molar-refractivity contribution in [2.75, 3.05) is 0 Å². The molecular weight excluding hydrogens is 254 g/mol. The van der Waals surface area contributed by atoms with Crippen molar-refractivity contribution in [2.24, 2.45) is 0 Å². The van der Waals surface area contributed by atoms with Crippen LogP contribution in [0.15, 0.2) is 54.9 Å². The number of benzene rings is 1. The molecule has 0 saturated carbocycles. The molecule has 0 amide bonds. The molecule has 2 aromatic rings. The van der Waals surface area contributed by atoms with E-state index in [0.29, 0.717) is 0 Å². The lowest BCUT2D eigenvalue weighted by molar-refractivity contribution is -0.595. The molecule has 1 nitrogen and oxygen atoms in total. The van der Waals surface area contributed by atoms with E-state index in [0.717, 1.165) is 0 Å². The van der Waals surface area contributed by atoms with Crippen LogP contribution in [0.3, 0.4) is 0 Å². The van der Waals surface area contributed by atoms with E-state index in [2.05, 4.69) is 66.3 Å². The number of nitrogens with zero attached hydrogens (tertiary/aromatic N) is 1. The number of hydrogen-bond acceptors (Lipinski definition) is 0. The minimum absolute atomic E-state index is 1.21. The first-order valence-electron chi connectivity index (χ1n) is 8.46. The molecule has 0 atom stereocenters. The Morgan fingerprint density at radius 3 is 2.00 bits per heavy atom. The molecule has 1 aromatic carbocycles. The number of unbranched alkanes of at least 4 members (excludes halogenated alkanes) is 6. The molecule has 2 rings (SSSR count). The molecule has 0 aliphatic rings. The van der Waals surface area contributed by atoms with E-state index in [4.69, 9.17) is 0 Å². The molecular formula is C20H28N+. The van der Waals surface area contributed by atoms with Gasteiger partial charge in [0.2, 0.25) is 5.69 Å². The van der Waals surface area contributed by atoms with E-state index in [9.17, 15) is 0 Å². The van der Waals surface area contributed by atoms with Gasteiger partial charge in [-0.15, -0.1) is 0 Å². The molecule has 0 aliphatic heterocycles. The zero-order valence-corrected chi connectivity index (χ0v) is 13.3. The van der Waals surface area contributed by atoms with E-state index in [1.807, 2.05) is 0 Å². The number of pyridine rings is 1. The lowest BCUT2D eigenvalue weighted by atomic mass is 10.1. The molecule has 112 valence electrons. The maximum atomic E-state index is 2.27. The van der Waals surface area contributed by atoms with Crippen molar-refractivity contribution in [3.05, 3.63) is 60.4 Å². The van der Waals surface area contributed by atoms with E-state index in [1.165, 1.54) is 62.6 Å². The zero-order chi connectivity index (χ0) is 14.8. The number of hydrogen-bond donors (Lipinski definition) is 0. The third-order valence-electron chi connectivity index (χ3n) is 4.02. The normalized spacial score (nSPS) is 10.7. The van der Waals surface area contributed by atoms with Gasteiger partial charge in [-0.3, -0.25) is 0 Å². The highest BCUT2D eigenvalue weighted by atomic mass is 14.9. The summed E-state index contributed by atoms with van der Waals surface area (Å²) in [5.41, 5.74) is 2.68. The Labute approximate surface area is 129 Å². The largest absolute Gasteiger partial charge is 0.210 e. The van der Waals surface area contributed by atoms with Crippen molar-refractivity contribution in [3.8, 4) is 5.69 Å². The second kappa shape index (κ2) is 9.33. The molecule has 1 heterocycles. The molecule has 21 heavy (non-hydrogen) atoms. The number of aromatic nitrogens is 1. The van der Waals surface area contributed by atoms with Crippen molar-refractivity contribution >= 4 is 0 Å². The van der Waals surface area contributed by atoms with Gasteiger partial charge in [-0.1, -0.05) is 63.6 Å². The smallest absolute Gasteiger partial charge is 0.167 e. The van der Waals surface area contributed by atoms with E-state index in [-0.39, 0.29) is 0 Å². The fourth-order valence-corrected chi connectivity index (χ4v) is 2.68. The number of rotatable bonds is 9. The molecule has 0 N–H and O–H groups in total. The second-order valence-corrected chi connectivity index (χ2v) is 5.82. The van der Waals surface area contributed by atoms with Crippen molar-refractivity contribution in [2.45, 2.75) is 58.3 Å². The molecule has 0 unspecified atom stereocenters. The van der Waals surface area contributed by atoms with Crippen LogP contribution in [-0.4, -0.2) is 0 Å². The fourth-order valence-electron chi connectivity index (χ4n) is 2.68. The molecule has 0 bridgehead atoms. The minimum atomic E-state index is 1.21. The molecule has 0 radical (unpaired) electrons. The van der Waals surface area contributed by atoms with Crippen LogP contribution in [0.4, 0.5) is 0 Å². The maximum Gasteiger partial charge on any atom is 0.210 e. The lowest BCUT2D eigenvalue weighted by Crippen LogP contribution is -2.29. The summed E-state index contributed by atoms with van der Waals surface area (Å²) < 4.78 is 2.17. The van der Waals surface area contributed by atoms with E-state index >= 15 is 0 Å². The molecule has 1 aromatic heterocycles. The summed E-state index contributed by atoms with van der Waals surface area (Å²) in [6.45, 7) is 2.27. The van der Waals surface area contributed by atoms with Gasteiger partial charge in [0.15, 0.2) is 12.4 Å². The Balaban J connectivity index is 1.71. The van der Waals surface area contributed by atoms with Gasteiger partial charge in [0.25, 0.3) is 0 Å². The summed E-state index contributed by atoms with van der Waals surface area (Å²) in [7, 11) is 0. The highest BCUT2D eigenvalue weighted by Gasteiger charge is 2.04. The standard InChI is InChI=1S/C20H28N/c1-2-3-4-5-6-7-9-12-19-15-17-21(18-16-19)20-13-10-8-11-14-20/h8,10-11,13-18H,2-7,9,12H2,1H3/q+1. The van der Waals surface area contributed by atoms with E-state index < -0.39 is 0 Å². The zero-order valence-electron chi connectivity index (χ0n) is 13.3. The van der Waals surface area contributed by atoms with Crippen LogP contribution >= 0.6 is 0 Å². The molecule has 0 saturated heterocycles. The monoisotopic (exact) mass is 282 g/mol. The van der Waals surface area contributed by atoms with Gasteiger partial charge < -0.3 is 0 Å². The van der Waals surface area contributed by atoms with Gasteiger partial charge in [0.1, 0.15) is 0 Å². The SMILES string of the molecule is CCCCCCCCCc1cc[n+](-c2ccccc2)cc1. The van der Waals surface area contributed by atoms with Crippen molar-refractivity contribution in [3.63, 3.8) is 0 Å².